The maximum Gasteiger partial charge on any atom is 0.302 e. The topological polar surface area (TPSA) is 66.8 Å². The van der Waals surface area contributed by atoms with E-state index in [0.29, 0.717) is 18.3 Å². The lowest BCUT2D eigenvalue weighted by molar-refractivity contribution is -0.232. The Morgan fingerprint density at radius 1 is 1.19 bits per heavy atom. The first-order chi connectivity index (χ1) is 12.1. The number of allylic oxidation sites excluding steroid dienone is 1. The van der Waals surface area contributed by atoms with Crippen molar-refractivity contribution in [1.82, 2.24) is 0 Å². The van der Waals surface area contributed by atoms with E-state index in [9.17, 15) is 15.0 Å². The molecular weight excluding hydrogens is 328 g/mol. The van der Waals surface area contributed by atoms with E-state index in [0.717, 1.165) is 32.1 Å². The molecule has 4 fully saturated rings. The van der Waals surface area contributed by atoms with Gasteiger partial charge in [-0.3, -0.25) is 4.79 Å². The van der Waals surface area contributed by atoms with Gasteiger partial charge in [-0.05, 0) is 68.1 Å². The molecule has 4 nitrogen and oxygen atoms in total. The van der Waals surface area contributed by atoms with Crippen LogP contribution >= 0.6 is 0 Å². The molecule has 1 spiro atoms. The van der Waals surface area contributed by atoms with E-state index in [-0.39, 0.29) is 35.4 Å². The second kappa shape index (κ2) is 5.81. The SMILES string of the molecule is C=C1C[C@]23C[C@@H]1CC[C@H]2[C@]1(C)CC[C@@H](O)[C@](C)(COC(C)=O)C1C[C@@H]3O. The van der Waals surface area contributed by atoms with Crippen LogP contribution in [0.2, 0.25) is 0 Å². The molecule has 4 aliphatic rings. The van der Waals surface area contributed by atoms with Crippen LogP contribution in [0, 0.1) is 34.0 Å². The Labute approximate surface area is 157 Å². The van der Waals surface area contributed by atoms with Gasteiger partial charge in [0, 0.05) is 17.8 Å². The molecule has 4 saturated carbocycles. The van der Waals surface area contributed by atoms with Crippen LogP contribution in [0.1, 0.15) is 65.7 Å². The second-order valence-electron chi connectivity index (χ2n) is 10.2. The molecular formula is C22H34O4. The van der Waals surface area contributed by atoms with Gasteiger partial charge in [0.15, 0.2) is 0 Å². The Bertz CT molecular complexity index is 630. The number of hydrogen-bond acceptors (Lipinski definition) is 4. The van der Waals surface area contributed by atoms with E-state index in [4.69, 9.17) is 4.74 Å². The maximum absolute atomic E-state index is 11.4. The minimum absolute atomic E-state index is 0.0180. The Morgan fingerprint density at radius 2 is 1.92 bits per heavy atom. The molecule has 0 heterocycles. The van der Waals surface area contributed by atoms with Crippen LogP contribution in [0.25, 0.3) is 0 Å². The third kappa shape index (κ3) is 2.30. The summed E-state index contributed by atoms with van der Waals surface area (Å²) in [5.41, 5.74) is 0.902. The van der Waals surface area contributed by atoms with Gasteiger partial charge in [-0.25, -0.2) is 0 Å². The predicted molar refractivity (Wildman–Crippen MR) is 99.2 cm³/mol. The minimum Gasteiger partial charge on any atom is -0.465 e. The molecule has 0 radical (unpaired) electrons. The van der Waals surface area contributed by atoms with Crippen LogP contribution in [-0.2, 0) is 9.53 Å². The van der Waals surface area contributed by atoms with Crippen LogP contribution in [0.3, 0.4) is 0 Å². The van der Waals surface area contributed by atoms with Crippen molar-refractivity contribution >= 4 is 5.97 Å². The van der Waals surface area contributed by atoms with Crippen LogP contribution < -0.4 is 0 Å². The van der Waals surface area contributed by atoms with E-state index in [1.54, 1.807) is 0 Å². The first-order valence-electron chi connectivity index (χ1n) is 10.3. The highest BCUT2D eigenvalue weighted by molar-refractivity contribution is 5.65. The van der Waals surface area contributed by atoms with Crippen molar-refractivity contribution in [3.8, 4) is 0 Å². The molecule has 0 aliphatic heterocycles. The number of aliphatic hydroxyl groups is 2. The van der Waals surface area contributed by atoms with E-state index in [1.807, 2.05) is 0 Å². The lowest BCUT2D eigenvalue weighted by Crippen LogP contribution is -2.65. The average Bonchev–Trinajstić information content (AvgIpc) is 2.83. The van der Waals surface area contributed by atoms with Crippen LogP contribution in [-0.4, -0.2) is 35.0 Å². The molecule has 0 saturated heterocycles. The Hall–Kier alpha value is -0.870. The zero-order valence-electron chi connectivity index (χ0n) is 16.5. The summed E-state index contributed by atoms with van der Waals surface area (Å²) in [7, 11) is 0. The zero-order chi connectivity index (χ0) is 18.9. The minimum atomic E-state index is -0.492. The zero-order valence-corrected chi connectivity index (χ0v) is 16.5. The molecule has 0 aromatic rings. The van der Waals surface area contributed by atoms with Crippen molar-refractivity contribution in [2.24, 2.45) is 34.0 Å². The van der Waals surface area contributed by atoms with Crippen molar-refractivity contribution in [3.05, 3.63) is 12.2 Å². The highest BCUT2D eigenvalue weighted by atomic mass is 16.5. The quantitative estimate of drug-likeness (QED) is 0.583. The largest absolute Gasteiger partial charge is 0.465 e. The maximum atomic E-state index is 11.4. The van der Waals surface area contributed by atoms with Crippen molar-refractivity contribution in [3.63, 3.8) is 0 Å². The fourth-order valence-electron chi connectivity index (χ4n) is 7.75. The van der Waals surface area contributed by atoms with Gasteiger partial charge in [0.25, 0.3) is 0 Å². The molecule has 2 bridgehead atoms. The first kappa shape index (κ1) is 18.5. The molecule has 1 unspecified atom stereocenters. The fraction of sp³-hybridized carbons (Fsp3) is 0.864. The van der Waals surface area contributed by atoms with Gasteiger partial charge in [-0.15, -0.1) is 0 Å². The molecule has 0 aromatic heterocycles. The highest BCUT2D eigenvalue weighted by Gasteiger charge is 2.68. The van der Waals surface area contributed by atoms with E-state index < -0.39 is 11.5 Å². The second-order valence-corrected chi connectivity index (χ2v) is 10.2. The highest BCUT2D eigenvalue weighted by Crippen LogP contribution is 2.72. The summed E-state index contributed by atoms with van der Waals surface area (Å²) in [6, 6.07) is 0. The standard InChI is InChI=1S/C22H34O4/c1-13-10-22-11-15(13)5-6-16(22)20(3)8-7-18(24)21(4,12-26-14(2)23)17(20)9-19(22)25/h15-19,24-25H,1,5-12H2,2-4H3/t15-,16-,17?,18+,19-,20-,21+,22-/m0/s1. The monoisotopic (exact) mass is 362 g/mol. The smallest absolute Gasteiger partial charge is 0.302 e. The van der Waals surface area contributed by atoms with Gasteiger partial charge < -0.3 is 14.9 Å². The summed E-state index contributed by atoms with van der Waals surface area (Å²) in [4.78, 5) is 11.4. The summed E-state index contributed by atoms with van der Waals surface area (Å²) < 4.78 is 5.40. The molecule has 26 heavy (non-hydrogen) atoms. The van der Waals surface area contributed by atoms with E-state index in [2.05, 4.69) is 20.4 Å². The van der Waals surface area contributed by atoms with Crippen LogP contribution in [0.4, 0.5) is 0 Å². The lowest BCUT2D eigenvalue weighted by atomic mass is 9.40. The van der Waals surface area contributed by atoms with Crippen molar-refractivity contribution in [2.45, 2.75) is 77.9 Å². The third-order valence-corrected chi connectivity index (χ3v) is 9.07. The van der Waals surface area contributed by atoms with Gasteiger partial charge >= 0.3 is 5.97 Å². The molecule has 8 atom stereocenters. The number of carbonyl (C=O) groups excluding carboxylic acids is 1. The molecule has 146 valence electrons. The molecule has 0 amide bonds. The summed E-state index contributed by atoms with van der Waals surface area (Å²) in [5, 5.41) is 22.2. The Morgan fingerprint density at radius 3 is 2.62 bits per heavy atom. The number of carbonyl (C=O) groups is 1. The van der Waals surface area contributed by atoms with Crippen molar-refractivity contribution < 1.29 is 19.7 Å². The summed E-state index contributed by atoms with van der Waals surface area (Å²) in [6.45, 7) is 10.4. The van der Waals surface area contributed by atoms with Gasteiger partial charge in [0.05, 0.1) is 18.8 Å². The number of fused-ring (bicyclic) bond motifs is 3. The predicted octanol–water partition coefficient (Wildman–Crippen LogP) is 3.46. The van der Waals surface area contributed by atoms with Crippen LogP contribution in [0.5, 0.6) is 0 Å². The van der Waals surface area contributed by atoms with Gasteiger partial charge in [-0.2, -0.15) is 0 Å². The third-order valence-electron chi connectivity index (χ3n) is 9.07. The first-order valence-corrected chi connectivity index (χ1v) is 10.3. The van der Waals surface area contributed by atoms with Crippen molar-refractivity contribution in [1.29, 1.82) is 0 Å². The van der Waals surface area contributed by atoms with Gasteiger partial charge in [0.2, 0.25) is 0 Å². The van der Waals surface area contributed by atoms with Gasteiger partial charge in [0.1, 0.15) is 0 Å². The number of hydrogen-bond donors (Lipinski definition) is 2. The lowest BCUT2D eigenvalue weighted by Gasteiger charge is -2.66. The molecule has 2 N–H and O–H groups in total. The average molecular weight is 363 g/mol. The van der Waals surface area contributed by atoms with Gasteiger partial charge in [-0.1, -0.05) is 26.0 Å². The summed E-state index contributed by atoms with van der Waals surface area (Å²) in [5.74, 6) is 0.909. The van der Waals surface area contributed by atoms with E-state index in [1.165, 1.54) is 18.9 Å². The fourth-order valence-corrected chi connectivity index (χ4v) is 7.75. The number of esters is 1. The van der Waals surface area contributed by atoms with E-state index >= 15 is 0 Å². The normalized spacial score (nSPS) is 53.0. The molecule has 0 aromatic carbocycles. The molecule has 4 rings (SSSR count). The number of rotatable bonds is 2. The summed E-state index contributed by atoms with van der Waals surface area (Å²) >= 11 is 0. The molecule has 4 aliphatic carbocycles. The number of aliphatic hydroxyl groups excluding tert-OH is 2. The summed E-state index contributed by atoms with van der Waals surface area (Å²) in [6.07, 6.45) is 5.98. The number of ether oxygens (including phenoxy) is 1. The molecule has 4 heteroatoms. The Balaban J connectivity index is 1.72. The Kier molecular flexibility index (Phi) is 4.13. The van der Waals surface area contributed by atoms with Crippen molar-refractivity contribution in [2.75, 3.05) is 6.61 Å². The van der Waals surface area contributed by atoms with Crippen LogP contribution in [0.15, 0.2) is 12.2 Å².